The van der Waals surface area contributed by atoms with E-state index in [1.54, 1.807) is 6.20 Å². The highest BCUT2D eigenvalue weighted by Gasteiger charge is 2.29. The van der Waals surface area contributed by atoms with Gasteiger partial charge < -0.3 is 15.8 Å². The maximum absolute atomic E-state index is 12.1. The molecule has 3 N–H and O–H groups in total. The lowest BCUT2D eigenvalue weighted by Gasteiger charge is -2.13. The van der Waals surface area contributed by atoms with Crippen molar-refractivity contribution in [2.45, 2.75) is 25.0 Å². The molecule has 0 saturated carbocycles. The van der Waals surface area contributed by atoms with Gasteiger partial charge >= 0.3 is 0 Å². The van der Waals surface area contributed by atoms with Crippen LogP contribution in [0.2, 0.25) is 0 Å². The number of carbonyl (C=O) groups excluding carboxylic acids is 1. The van der Waals surface area contributed by atoms with Crippen LogP contribution in [0.15, 0.2) is 36.5 Å². The van der Waals surface area contributed by atoms with Crippen LogP contribution < -0.4 is 11.1 Å². The summed E-state index contributed by atoms with van der Waals surface area (Å²) >= 11 is 0. The first-order valence-electron chi connectivity index (χ1n) is 6.77. The molecule has 3 rings (SSSR count). The van der Waals surface area contributed by atoms with Gasteiger partial charge in [0.25, 0.3) is 5.91 Å². The van der Waals surface area contributed by atoms with Crippen LogP contribution in [0.25, 0.3) is 10.9 Å². The second-order valence-corrected chi connectivity index (χ2v) is 4.96. The molecule has 1 aromatic heterocycles. The molecule has 1 aromatic carbocycles. The van der Waals surface area contributed by atoms with Crippen LogP contribution in [-0.4, -0.2) is 29.6 Å². The van der Waals surface area contributed by atoms with E-state index in [-0.39, 0.29) is 36.8 Å². The van der Waals surface area contributed by atoms with E-state index < -0.39 is 6.10 Å². The Morgan fingerprint density at radius 3 is 2.86 bits per heavy atom. The van der Waals surface area contributed by atoms with Gasteiger partial charge in [0, 0.05) is 23.8 Å². The predicted octanol–water partition coefficient (Wildman–Crippen LogP) is 2.52. The summed E-state index contributed by atoms with van der Waals surface area (Å²) in [6, 6.07) is 9.50. The number of hydrogen-bond donors (Lipinski definition) is 2. The minimum absolute atomic E-state index is 0. The molecule has 5 nitrogen and oxygen atoms in total. The number of fused-ring (bicyclic) bond motifs is 1. The molecule has 22 heavy (non-hydrogen) atoms. The number of nitrogens with two attached hydrogens (primary N) is 1. The Bertz CT molecular complexity index is 639. The summed E-state index contributed by atoms with van der Waals surface area (Å²) in [7, 11) is 0. The van der Waals surface area contributed by atoms with Crippen molar-refractivity contribution in [3.63, 3.8) is 0 Å². The topological polar surface area (TPSA) is 77.2 Å². The average Bonchev–Trinajstić information content (AvgIpc) is 2.96. The van der Waals surface area contributed by atoms with E-state index in [0.717, 1.165) is 29.4 Å². The van der Waals surface area contributed by atoms with Gasteiger partial charge in [-0.15, -0.1) is 24.8 Å². The van der Waals surface area contributed by atoms with E-state index in [2.05, 4.69) is 10.3 Å². The highest BCUT2D eigenvalue weighted by atomic mass is 35.5. The van der Waals surface area contributed by atoms with Gasteiger partial charge in [-0.05, 0) is 37.1 Å². The lowest BCUT2D eigenvalue weighted by Crippen LogP contribution is -2.29. The molecule has 2 atom stereocenters. The van der Waals surface area contributed by atoms with Gasteiger partial charge in [0.15, 0.2) is 0 Å². The van der Waals surface area contributed by atoms with Crippen LogP contribution in [0.1, 0.15) is 12.8 Å². The van der Waals surface area contributed by atoms with Gasteiger partial charge in [-0.25, -0.2) is 0 Å². The first kappa shape index (κ1) is 18.6. The molecule has 0 radical (unpaired) electrons. The second kappa shape index (κ2) is 8.29. The standard InChI is InChI=1S/C15H17N3O2.2ClH/c16-9-12-4-6-14(20-12)15(19)18-11-3-5-13-10(8-11)2-1-7-17-13;;/h1-3,5,7-8,12,14H,4,6,9,16H2,(H,18,19);2*1H/t12-,14+;;/m1../s1. The highest BCUT2D eigenvalue weighted by Crippen LogP contribution is 2.22. The third-order valence-electron chi connectivity index (χ3n) is 3.53. The van der Waals surface area contributed by atoms with Crippen molar-refractivity contribution < 1.29 is 9.53 Å². The molecule has 0 bridgehead atoms. The minimum atomic E-state index is -0.395. The van der Waals surface area contributed by atoms with Crippen LogP contribution in [0.5, 0.6) is 0 Å². The zero-order valence-corrected chi connectivity index (χ0v) is 13.5. The first-order valence-corrected chi connectivity index (χ1v) is 6.77. The predicted molar refractivity (Wildman–Crippen MR) is 91.8 cm³/mol. The number of amides is 1. The molecule has 120 valence electrons. The van der Waals surface area contributed by atoms with Crippen molar-refractivity contribution in [1.29, 1.82) is 0 Å². The lowest BCUT2D eigenvalue weighted by molar-refractivity contribution is -0.126. The number of halogens is 2. The van der Waals surface area contributed by atoms with Crippen LogP contribution >= 0.6 is 24.8 Å². The van der Waals surface area contributed by atoms with E-state index in [0.29, 0.717) is 6.54 Å². The van der Waals surface area contributed by atoms with Gasteiger partial charge in [-0.1, -0.05) is 6.07 Å². The van der Waals surface area contributed by atoms with Gasteiger partial charge in [0.05, 0.1) is 11.6 Å². The summed E-state index contributed by atoms with van der Waals surface area (Å²) in [5.41, 5.74) is 7.22. The molecule has 1 aliphatic heterocycles. The monoisotopic (exact) mass is 343 g/mol. The van der Waals surface area contributed by atoms with E-state index in [1.165, 1.54) is 0 Å². The Labute approximate surface area is 141 Å². The summed E-state index contributed by atoms with van der Waals surface area (Å²) in [6.07, 6.45) is 2.93. The normalized spacial score (nSPS) is 20.0. The Morgan fingerprint density at radius 1 is 1.32 bits per heavy atom. The minimum Gasteiger partial charge on any atom is -0.364 e. The van der Waals surface area contributed by atoms with Gasteiger partial charge in [0.2, 0.25) is 0 Å². The van der Waals surface area contributed by atoms with E-state index in [1.807, 2.05) is 30.3 Å². The molecular formula is C15H19Cl2N3O2. The van der Waals surface area contributed by atoms with Gasteiger partial charge in [-0.2, -0.15) is 0 Å². The van der Waals surface area contributed by atoms with Crippen LogP contribution in [0, 0.1) is 0 Å². The number of carbonyl (C=O) groups is 1. The molecule has 1 saturated heterocycles. The SMILES string of the molecule is Cl.Cl.NC[C@H]1CC[C@@H](C(=O)Nc2ccc3ncccc3c2)O1. The maximum atomic E-state index is 12.1. The van der Waals surface area contributed by atoms with Gasteiger partial charge in [-0.3, -0.25) is 9.78 Å². The van der Waals surface area contributed by atoms with E-state index in [4.69, 9.17) is 10.5 Å². The van der Waals surface area contributed by atoms with Gasteiger partial charge in [0.1, 0.15) is 6.10 Å². The van der Waals surface area contributed by atoms with Crippen LogP contribution in [-0.2, 0) is 9.53 Å². The summed E-state index contributed by atoms with van der Waals surface area (Å²) in [4.78, 5) is 16.4. The fourth-order valence-corrected chi connectivity index (χ4v) is 2.45. The van der Waals surface area contributed by atoms with Crippen molar-refractivity contribution in [2.24, 2.45) is 5.73 Å². The van der Waals surface area contributed by atoms with Crippen molar-refractivity contribution in [3.05, 3.63) is 36.5 Å². The van der Waals surface area contributed by atoms with E-state index in [9.17, 15) is 4.79 Å². The summed E-state index contributed by atoms with van der Waals surface area (Å²) in [5.74, 6) is -0.107. The van der Waals surface area contributed by atoms with Crippen molar-refractivity contribution in [3.8, 4) is 0 Å². The number of rotatable bonds is 3. The highest BCUT2D eigenvalue weighted by molar-refractivity contribution is 5.96. The Morgan fingerprint density at radius 2 is 2.14 bits per heavy atom. The number of aromatic nitrogens is 1. The maximum Gasteiger partial charge on any atom is 0.253 e. The van der Waals surface area contributed by atoms with Crippen molar-refractivity contribution in [1.82, 2.24) is 4.98 Å². The fourth-order valence-electron chi connectivity index (χ4n) is 2.45. The van der Waals surface area contributed by atoms with Crippen LogP contribution in [0.3, 0.4) is 0 Å². The van der Waals surface area contributed by atoms with E-state index >= 15 is 0 Å². The number of pyridine rings is 1. The number of nitrogens with one attached hydrogen (secondary N) is 1. The molecule has 2 heterocycles. The van der Waals surface area contributed by atoms with Crippen molar-refractivity contribution >= 4 is 47.3 Å². The number of benzene rings is 1. The Balaban J connectivity index is 0.00000121. The molecule has 0 aliphatic carbocycles. The Hall–Kier alpha value is -1.40. The molecule has 1 fully saturated rings. The first-order chi connectivity index (χ1) is 9.76. The second-order valence-electron chi connectivity index (χ2n) is 4.96. The molecule has 1 amide bonds. The number of nitrogens with zero attached hydrogens (tertiary/aromatic N) is 1. The summed E-state index contributed by atoms with van der Waals surface area (Å²) in [6.45, 7) is 0.464. The smallest absolute Gasteiger partial charge is 0.253 e. The molecule has 7 heteroatoms. The Kier molecular flexibility index (Phi) is 7.03. The summed E-state index contributed by atoms with van der Waals surface area (Å²) < 4.78 is 5.58. The lowest BCUT2D eigenvalue weighted by atomic mass is 10.1. The third-order valence-corrected chi connectivity index (χ3v) is 3.53. The molecule has 0 unspecified atom stereocenters. The molecule has 0 spiro atoms. The zero-order valence-electron chi connectivity index (χ0n) is 11.9. The summed E-state index contributed by atoms with van der Waals surface area (Å²) in [5, 5.41) is 3.89. The largest absolute Gasteiger partial charge is 0.364 e. The quantitative estimate of drug-likeness (QED) is 0.897. The third kappa shape index (κ3) is 4.08. The molecular weight excluding hydrogens is 325 g/mol. The molecule has 2 aromatic rings. The van der Waals surface area contributed by atoms with Crippen LogP contribution in [0.4, 0.5) is 5.69 Å². The number of anilines is 1. The van der Waals surface area contributed by atoms with Crippen molar-refractivity contribution in [2.75, 3.05) is 11.9 Å². The number of ether oxygens (including phenoxy) is 1. The number of hydrogen-bond acceptors (Lipinski definition) is 4. The molecule has 1 aliphatic rings. The zero-order chi connectivity index (χ0) is 13.9. The fraction of sp³-hybridized carbons (Fsp3) is 0.333. The average molecular weight is 344 g/mol.